The van der Waals surface area contributed by atoms with Crippen molar-refractivity contribution in [3.8, 4) is 0 Å². The Labute approximate surface area is 141 Å². The number of benzene rings is 1. The Morgan fingerprint density at radius 1 is 1.08 bits per heavy atom. The molecule has 0 spiro atoms. The topological polar surface area (TPSA) is 96.3 Å². The van der Waals surface area contributed by atoms with E-state index in [-0.39, 0.29) is 18.1 Å². The van der Waals surface area contributed by atoms with Gasteiger partial charge in [-0.25, -0.2) is 9.78 Å². The average Bonchev–Trinajstić information content (AvgIpc) is 3.25. The third kappa shape index (κ3) is 4.20. The zero-order valence-corrected chi connectivity index (χ0v) is 13.3. The van der Waals surface area contributed by atoms with Crippen LogP contribution in [0.5, 0.6) is 0 Å². The quantitative estimate of drug-likeness (QED) is 0.663. The number of anilines is 2. The van der Waals surface area contributed by atoms with Crippen molar-refractivity contribution in [2.24, 2.45) is 0 Å². The van der Waals surface area contributed by atoms with Gasteiger partial charge in [-0.2, -0.15) is 0 Å². The van der Waals surface area contributed by atoms with E-state index in [1.54, 1.807) is 29.6 Å². The van der Waals surface area contributed by atoms with Crippen molar-refractivity contribution in [3.63, 3.8) is 0 Å². The smallest absolute Gasteiger partial charge is 0.325 e. The number of aromatic nitrogens is 1. The van der Waals surface area contributed by atoms with Gasteiger partial charge in [0.1, 0.15) is 11.5 Å². The van der Waals surface area contributed by atoms with Crippen molar-refractivity contribution in [2.75, 3.05) is 10.6 Å². The van der Waals surface area contributed by atoms with E-state index in [1.165, 1.54) is 17.6 Å². The Morgan fingerprint density at radius 2 is 1.92 bits per heavy atom. The van der Waals surface area contributed by atoms with Gasteiger partial charge in [0.2, 0.25) is 0 Å². The average molecular weight is 342 g/mol. The van der Waals surface area contributed by atoms with Crippen molar-refractivity contribution in [2.45, 2.75) is 6.54 Å². The van der Waals surface area contributed by atoms with E-state index < -0.39 is 6.03 Å². The van der Waals surface area contributed by atoms with Crippen LogP contribution in [-0.2, 0) is 6.54 Å². The first-order chi connectivity index (χ1) is 11.7. The standard InChI is InChI=1S/C16H14N4O3S/c21-14(17-9-12-7-4-8-23-12)13-10-24-16(19-13)20-15(22)18-11-5-2-1-3-6-11/h1-8,10H,9H2,(H,17,21)(H2,18,19,20,22). The van der Waals surface area contributed by atoms with Crippen molar-refractivity contribution >= 4 is 34.1 Å². The van der Waals surface area contributed by atoms with Gasteiger partial charge in [-0.15, -0.1) is 11.3 Å². The van der Waals surface area contributed by atoms with Crippen molar-refractivity contribution in [1.82, 2.24) is 10.3 Å². The van der Waals surface area contributed by atoms with E-state index in [0.717, 1.165) is 0 Å². The molecule has 0 bridgehead atoms. The van der Waals surface area contributed by atoms with E-state index in [1.807, 2.05) is 18.2 Å². The van der Waals surface area contributed by atoms with Gasteiger partial charge in [0, 0.05) is 11.1 Å². The molecule has 0 atom stereocenters. The number of amides is 3. The minimum absolute atomic E-state index is 0.238. The van der Waals surface area contributed by atoms with Crippen LogP contribution in [0.15, 0.2) is 58.5 Å². The number of carbonyl (C=O) groups excluding carboxylic acids is 2. The third-order valence-electron chi connectivity index (χ3n) is 2.99. The highest BCUT2D eigenvalue weighted by molar-refractivity contribution is 7.14. The summed E-state index contributed by atoms with van der Waals surface area (Å²) in [6.45, 7) is 0.278. The Hall–Kier alpha value is -3.13. The number of furan rings is 1. The van der Waals surface area contributed by atoms with Crippen molar-refractivity contribution in [1.29, 1.82) is 0 Å². The largest absolute Gasteiger partial charge is 0.467 e. The second-order valence-electron chi connectivity index (χ2n) is 4.75. The number of nitrogens with zero attached hydrogens (tertiary/aromatic N) is 1. The predicted octanol–water partition coefficient (Wildman–Crippen LogP) is 3.31. The summed E-state index contributed by atoms with van der Waals surface area (Å²) in [5, 5.41) is 9.88. The number of para-hydroxylation sites is 1. The van der Waals surface area contributed by atoms with Crippen LogP contribution in [0, 0.1) is 0 Å². The van der Waals surface area contributed by atoms with E-state index >= 15 is 0 Å². The number of urea groups is 1. The maximum Gasteiger partial charge on any atom is 0.325 e. The molecule has 122 valence electrons. The maximum atomic E-state index is 12.0. The minimum Gasteiger partial charge on any atom is -0.467 e. The molecular formula is C16H14N4O3S. The molecule has 0 aliphatic heterocycles. The monoisotopic (exact) mass is 342 g/mol. The molecular weight excluding hydrogens is 328 g/mol. The minimum atomic E-state index is -0.418. The Morgan fingerprint density at radius 3 is 2.67 bits per heavy atom. The van der Waals surface area contributed by atoms with Gasteiger partial charge in [-0.3, -0.25) is 10.1 Å². The van der Waals surface area contributed by atoms with Gasteiger partial charge in [-0.05, 0) is 24.3 Å². The molecule has 0 radical (unpaired) electrons. The number of nitrogens with one attached hydrogen (secondary N) is 3. The molecule has 7 nitrogen and oxygen atoms in total. The highest BCUT2D eigenvalue weighted by Crippen LogP contribution is 2.16. The molecule has 24 heavy (non-hydrogen) atoms. The first kappa shape index (κ1) is 15.8. The fourth-order valence-electron chi connectivity index (χ4n) is 1.89. The molecule has 3 N–H and O–H groups in total. The van der Waals surface area contributed by atoms with Crippen LogP contribution in [0.3, 0.4) is 0 Å². The van der Waals surface area contributed by atoms with Crippen LogP contribution in [0.2, 0.25) is 0 Å². The van der Waals surface area contributed by atoms with E-state index in [9.17, 15) is 9.59 Å². The van der Waals surface area contributed by atoms with Gasteiger partial charge < -0.3 is 15.1 Å². The highest BCUT2D eigenvalue weighted by atomic mass is 32.1. The molecule has 0 fully saturated rings. The lowest BCUT2D eigenvalue weighted by molar-refractivity contribution is 0.0944. The van der Waals surface area contributed by atoms with Crippen LogP contribution < -0.4 is 16.0 Å². The molecule has 0 aliphatic carbocycles. The van der Waals surface area contributed by atoms with Gasteiger partial charge in [0.05, 0.1) is 12.8 Å². The zero-order chi connectivity index (χ0) is 16.8. The van der Waals surface area contributed by atoms with Crippen LogP contribution in [0.25, 0.3) is 0 Å². The molecule has 2 aromatic heterocycles. The van der Waals surface area contributed by atoms with Gasteiger partial charge in [0.25, 0.3) is 5.91 Å². The number of hydrogen-bond donors (Lipinski definition) is 3. The Kier molecular flexibility index (Phi) is 4.87. The lowest BCUT2D eigenvalue weighted by Gasteiger charge is -2.04. The third-order valence-corrected chi connectivity index (χ3v) is 3.75. The molecule has 0 aliphatic rings. The summed E-state index contributed by atoms with van der Waals surface area (Å²) >= 11 is 1.17. The van der Waals surface area contributed by atoms with Crippen LogP contribution in [0.4, 0.5) is 15.6 Å². The number of hydrogen-bond acceptors (Lipinski definition) is 5. The van der Waals surface area contributed by atoms with Crippen molar-refractivity contribution < 1.29 is 14.0 Å². The molecule has 3 rings (SSSR count). The molecule has 8 heteroatoms. The van der Waals surface area contributed by atoms with Gasteiger partial charge >= 0.3 is 6.03 Å². The Bertz CT molecular complexity index is 815. The van der Waals surface area contributed by atoms with Crippen LogP contribution >= 0.6 is 11.3 Å². The summed E-state index contributed by atoms with van der Waals surface area (Å²) in [7, 11) is 0. The molecule has 2 heterocycles. The Balaban J connectivity index is 1.53. The molecule has 0 saturated heterocycles. The normalized spacial score (nSPS) is 10.2. The summed E-state index contributed by atoms with van der Waals surface area (Å²) in [6, 6.07) is 12.1. The summed E-state index contributed by atoms with van der Waals surface area (Å²) in [4.78, 5) is 28.0. The van der Waals surface area contributed by atoms with Crippen LogP contribution in [-0.4, -0.2) is 16.9 Å². The lowest BCUT2D eigenvalue weighted by atomic mass is 10.3. The second kappa shape index (κ2) is 7.42. The fraction of sp³-hybridized carbons (Fsp3) is 0.0625. The molecule has 1 aromatic carbocycles. The van der Waals surface area contributed by atoms with Crippen LogP contribution in [0.1, 0.15) is 16.2 Å². The SMILES string of the molecule is O=C(Nc1ccccc1)Nc1nc(C(=O)NCc2ccco2)cs1. The summed E-state index contributed by atoms with van der Waals surface area (Å²) < 4.78 is 5.14. The van der Waals surface area contributed by atoms with Gasteiger partial charge in [0.15, 0.2) is 5.13 Å². The van der Waals surface area contributed by atoms with Gasteiger partial charge in [-0.1, -0.05) is 18.2 Å². The summed E-state index contributed by atoms with van der Waals surface area (Å²) in [5.74, 6) is 0.318. The summed E-state index contributed by atoms with van der Waals surface area (Å²) in [5.41, 5.74) is 0.907. The first-order valence-electron chi connectivity index (χ1n) is 7.10. The number of thiazole rings is 1. The second-order valence-corrected chi connectivity index (χ2v) is 5.60. The maximum absolute atomic E-state index is 12.0. The van der Waals surface area contributed by atoms with E-state index in [0.29, 0.717) is 16.6 Å². The first-order valence-corrected chi connectivity index (χ1v) is 7.98. The predicted molar refractivity (Wildman–Crippen MR) is 91.1 cm³/mol. The lowest BCUT2D eigenvalue weighted by Crippen LogP contribution is -2.23. The number of rotatable bonds is 5. The van der Waals surface area contributed by atoms with E-state index in [2.05, 4.69) is 20.9 Å². The molecule has 3 aromatic rings. The van der Waals surface area contributed by atoms with E-state index in [4.69, 9.17) is 4.42 Å². The summed E-state index contributed by atoms with van der Waals surface area (Å²) in [6.07, 6.45) is 1.54. The molecule has 0 unspecified atom stereocenters. The highest BCUT2D eigenvalue weighted by Gasteiger charge is 2.12. The van der Waals surface area contributed by atoms with Crippen molar-refractivity contribution in [3.05, 3.63) is 65.6 Å². The zero-order valence-electron chi connectivity index (χ0n) is 12.5. The fourth-order valence-corrected chi connectivity index (χ4v) is 2.57. The molecule has 0 saturated carbocycles. The molecule has 3 amide bonds. The number of carbonyl (C=O) groups is 2.